The monoisotopic (exact) mass is 432 g/mol. The second kappa shape index (κ2) is 8.93. The number of amides is 1. The van der Waals surface area contributed by atoms with Crippen LogP contribution in [0, 0.1) is 5.82 Å². The Morgan fingerprint density at radius 1 is 1.43 bits per heavy atom. The van der Waals surface area contributed by atoms with Crippen molar-refractivity contribution in [3.63, 3.8) is 0 Å². The van der Waals surface area contributed by atoms with Crippen molar-refractivity contribution in [3.05, 3.63) is 63.7 Å². The molecule has 4 heterocycles. The summed E-state index contributed by atoms with van der Waals surface area (Å²) >= 11 is 5.65. The second-order valence-electron chi connectivity index (χ2n) is 7.27. The van der Waals surface area contributed by atoms with Gasteiger partial charge < -0.3 is 10.3 Å². The first-order chi connectivity index (χ1) is 14.6. The molecule has 0 aromatic carbocycles. The number of fused-ring (bicyclic) bond motifs is 1. The van der Waals surface area contributed by atoms with Crippen molar-refractivity contribution in [1.82, 2.24) is 29.8 Å². The topological polar surface area (TPSA) is 95.4 Å². The van der Waals surface area contributed by atoms with Crippen LogP contribution in [-0.4, -0.2) is 49.4 Å². The number of carbonyl (C=O) groups excluding carboxylic acids is 1. The van der Waals surface area contributed by atoms with Crippen LogP contribution in [0.15, 0.2) is 35.5 Å². The van der Waals surface area contributed by atoms with E-state index in [1.165, 1.54) is 12.3 Å². The number of halogens is 2. The average molecular weight is 433 g/mol. The minimum Gasteiger partial charge on any atom is -0.352 e. The van der Waals surface area contributed by atoms with Crippen LogP contribution >= 0.6 is 11.6 Å². The highest BCUT2D eigenvalue weighted by Crippen LogP contribution is 2.31. The number of pyridine rings is 1. The first-order valence-corrected chi connectivity index (χ1v) is 10.4. The molecule has 1 aliphatic heterocycles. The third kappa shape index (κ3) is 4.22. The van der Waals surface area contributed by atoms with Crippen molar-refractivity contribution in [2.45, 2.75) is 31.8 Å². The predicted molar refractivity (Wildman–Crippen MR) is 110 cm³/mol. The van der Waals surface area contributed by atoms with Gasteiger partial charge in [-0.05, 0) is 37.9 Å². The normalized spacial score (nSPS) is 16.9. The molecule has 0 aliphatic carbocycles. The Bertz CT molecular complexity index is 1110. The number of hydrogen-bond donors (Lipinski definition) is 2. The molecule has 1 saturated heterocycles. The third-order valence-electron chi connectivity index (χ3n) is 5.25. The molecule has 3 aromatic rings. The van der Waals surface area contributed by atoms with Crippen molar-refractivity contribution in [2.24, 2.45) is 0 Å². The van der Waals surface area contributed by atoms with E-state index in [4.69, 9.17) is 11.6 Å². The Hall–Kier alpha value is -2.78. The van der Waals surface area contributed by atoms with E-state index >= 15 is 0 Å². The van der Waals surface area contributed by atoms with E-state index < -0.39 is 5.82 Å². The van der Waals surface area contributed by atoms with Gasteiger partial charge in [-0.3, -0.25) is 14.5 Å². The van der Waals surface area contributed by atoms with E-state index in [9.17, 15) is 14.0 Å². The Balaban J connectivity index is 1.56. The quantitative estimate of drug-likeness (QED) is 0.441. The van der Waals surface area contributed by atoms with Crippen LogP contribution in [-0.2, 0) is 6.54 Å². The lowest BCUT2D eigenvalue weighted by Crippen LogP contribution is -2.28. The molecule has 0 radical (unpaired) electrons. The predicted octanol–water partition coefficient (Wildman–Crippen LogP) is 2.25. The van der Waals surface area contributed by atoms with Gasteiger partial charge in [-0.1, -0.05) is 0 Å². The van der Waals surface area contributed by atoms with Crippen molar-refractivity contribution in [1.29, 1.82) is 0 Å². The second-order valence-corrected chi connectivity index (χ2v) is 7.65. The zero-order valence-corrected chi connectivity index (χ0v) is 17.0. The van der Waals surface area contributed by atoms with Gasteiger partial charge in [0.1, 0.15) is 11.4 Å². The lowest BCUT2D eigenvalue weighted by atomic mass is 10.1. The number of hydrogen-bond acceptors (Lipinski definition) is 5. The number of aromatic nitrogens is 4. The van der Waals surface area contributed by atoms with E-state index in [0.717, 1.165) is 31.3 Å². The molecule has 0 saturated carbocycles. The average Bonchev–Trinajstić information content (AvgIpc) is 3.36. The third-order valence-corrected chi connectivity index (χ3v) is 5.52. The Kier molecular flexibility index (Phi) is 6.10. The van der Waals surface area contributed by atoms with Gasteiger partial charge in [0.15, 0.2) is 5.65 Å². The molecule has 8 nitrogen and oxygen atoms in total. The molecular formula is C20H22ClFN6O2. The number of nitrogens with zero attached hydrogens (tertiary/aromatic N) is 4. The highest BCUT2D eigenvalue weighted by molar-refractivity contribution is 6.17. The standard InChI is InChI=1S/C20H22ClFN6O2/c21-5-2-6-23-20(30)16-11-25-28-8-4-14(26-18(16)28)12-27-7-1-3-17(27)15-9-13(22)10-24-19(15)29/h4,8-11,17H,1-3,5-7,12H2,(H,23,30)(H,24,29). The Morgan fingerprint density at radius 3 is 3.13 bits per heavy atom. The van der Waals surface area contributed by atoms with Gasteiger partial charge in [-0.25, -0.2) is 13.9 Å². The van der Waals surface area contributed by atoms with Crippen LogP contribution in [0.2, 0.25) is 0 Å². The molecule has 1 amide bonds. The maximum Gasteiger partial charge on any atom is 0.256 e. The number of carbonyl (C=O) groups is 1. The minimum atomic E-state index is -0.458. The summed E-state index contributed by atoms with van der Waals surface area (Å²) in [6.07, 6.45) is 6.68. The Labute approximate surface area is 177 Å². The summed E-state index contributed by atoms with van der Waals surface area (Å²) in [4.78, 5) is 33.8. The molecule has 3 aromatic heterocycles. The number of alkyl halides is 1. The van der Waals surface area contributed by atoms with Crippen LogP contribution in [0.1, 0.15) is 46.9 Å². The van der Waals surface area contributed by atoms with Crippen molar-refractivity contribution in [3.8, 4) is 0 Å². The molecule has 1 fully saturated rings. The largest absolute Gasteiger partial charge is 0.352 e. The van der Waals surface area contributed by atoms with Crippen LogP contribution in [0.5, 0.6) is 0 Å². The van der Waals surface area contributed by atoms with Crippen molar-refractivity contribution < 1.29 is 9.18 Å². The number of nitrogens with one attached hydrogen (secondary N) is 2. The van der Waals surface area contributed by atoms with Gasteiger partial charge in [0.25, 0.3) is 11.5 Å². The first-order valence-electron chi connectivity index (χ1n) is 9.86. The van der Waals surface area contributed by atoms with E-state index in [2.05, 4.69) is 25.3 Å². The van der Waals surface area contributed by atoms with Gasteiger partial charge >= 0.3 is 0 Å². The molecule has 1 atom stereocenters. The SMILES string of the molecule is O=C(NCCCCl)c1cnn2ccc(CN3CCCC3c3cc(F)c[nH]c3=O)nc12. The van der Waals surface area contributed by atoms with Gasteiger partial charge in [-0.2, -0.15) is 5.10 Å². The lowest BCUT2D eigenvalue weighted by Gasteiger charge is -2.23. The number of aromatic amines is 1. The molecule has 4 rings (SSSR count). The summed E-state index contributed by atoms with van der Waals surface area (Å²) in [6, 6.07) is 2.96. The summed E-state index contributed by atoms with van der Waals surface area (Å²) < 4.78 is 15.2. The van der Waals surface area contributed by atoms with E-state index in [1.807, 2.05) is 6.07 Å². The Morgan fingerprint density at radius 2 is 2.30 bits per heavy atom. The smallest absolute Gasteiger partial charge is 0.256 e. The molecule has 0 bridgehead atoms. The van der Waals surface area contributed by atoms with Crippen LogP contribution in [0.3, 0.4) is 0 Å². The van der Waals surface area contributed by atoms with Crippen LogP contribution in [0.25, 0.3) is 5.65 Å². The maximum atomic E-state index is 13.7. The zero-order valence-electron chi connectivity index (χ0n) is 16.3. The molecule has 1 aliphatic rings. The van der Waals surface area contributed by atoms with Gasteiger partial charge in [0.05, 0.1) is 11.9 Å². The highest BCUT2D eigenvalue weighted by Gasteiger charge is 2.29. The zero-order chi connectivity index (χ0) is 21.1. The highest BCUT2D eigenvalue weighted by atomic mass is 35.5. The van der Waals surface area contributed by atoms with Crippen molar-refractivity contribution in [2.75, 3.05) is 19.0 Å². The van der Waals surface area contributed by atoms with Crippen LogP contribution < -0.4 is 10.9 Å². The molecule has 2 N–H and O–H groups in total. The fourth-order valence-electron chi connectivity index (χ4n) is 3.82. The maximum absolute atomic E-state index is 13.7. The number of H-pyrrole nitrogens is 1. The van der Waals surface area contributed by atoms with Crippen LogP contribution in [0.4, 0.5) is 4.39 Å². The molecular weight excluding hydrogens is 411 g/mol. The number of rotatable bonds is 7. The summed E-state index contributed by atoms with van der Waals surface area (Å²) in [6.45, 7) is 1.74. The molecule has 0 spiro atoms. The van der Waals surface area contributed by atoms with E-state index in [0.29, 0.717) is 42.2 Å². The van der Waals surface area contributed by atoms with Crippen molar-refractivity contribution >= 4 is 23.2 Å². The fraction of sp³-hybridized carbons (Fsp3) is 0.400. The van der Waals surface area contributed by atoms with E-state index in [1.54, 1.807) is 10.7 Å². The lowest BCUT2D eigenvalue weighted by molar-refractivity contribution is 0.0955. The van der Waals surface area contributed by atoms with Gasteiger partial charge in [-0.15, -0.1) is 11.6 Å². The molecule has 30 heavy (non-hydrogen) atoms. The van der Waals surface area contributed by atoms with Gasteiger partial charge in [0, 0.05) is 43.0 Å². The molecule has 1 unspecified atom stereocenters. The summed E-state index contributed by atoms with van der Waals surface area (Å²) in [5.41, 5.74) is 1.76. The first kappa shape index (κ1) is 20.5. The number of likely N-dealkylation sites (tertiary alicyclic amines) is 1. The van der Waals surface area contributed by atoms with Gasteiger partial charge in [0.2, 0.25) is 0 Å². The summed E-state index contributed by atoms with van der Waals surface area (Å²) in [5.74, 6) is -0.229. The summed E-state index contributed by atoms with van der Waals surface area (Å²) in [7, 11) is 0. The fourth-order valence-corrected chi connectivity index (χ4v) is 3.95. The minimum absolute atomic E-state index is 0.175. The van der Waals surface area contributed by atoms with E-state index in [-0.39, 0.29) is 17.5 Å². The summed E-state index contributed by atoms with van der Waals surface area (Å²) in [5, 5.41) is 7.00. The molecule has 10 heteroatoms. The molecule has 158 valence electrons.